The van der Waals surface area contributed by atoms with Crippen LogP contribution in [0.5, 0.6) is 0 Å². The Morgan fingerprint density at radius 1 is 1.21 bits per heavy atom. The molecule has 0 saturated heterocycles. The maximum absolute atomic E-state index is 6.01. The number of aryl methyl sites for hydroxylation is 3. The van der Waals surface area contributed by atoms with E-state index in [0.29, 0.717) is 12.5 Å². The number of hydrogen-bond acceptors (Lipinski definition) is 2. The molecule has 4 rings (SSSR count). The van der Waals surface area contributed by atoms with Gasteiger partial charge in [0, 0.05) is 5.69 Å². The number of nitrogens with one attached hydrogen (secondary N) is 2. The Morgan fingerprint density at radius 2 is 2.08 bits per heavy atom. The van der Waals surface area contributed by atoms with E-state index in [-0.39, 0.29) is 0 Å². The van der Waals surface area contributed by atoms with E-state index in [2.05, 4.69) is 57.5 Å². The first-order valence-corrected chi connectivity index (χ1v) is 8.31. The average molecular weight is 319 g/mol. The number of aliphatic imine (C=N–C) groups is 1. The lowest BCUT2D eigenvalue weighted by Crippen LogP contribution is -2.22. The number of benzene rings is 2. The first-order valence-electron chi connectivity index (χ1n) is 8.31. The standard InChI is InChI=1S/C19H21N5/c1-12-5-8-16-17(9-12)24-18(23-16)11-21-19(20)22-15-7-6-13-3-2-4-14(13)10-15/h5-10H,2-4,11H2,1H3,(H,23,24)(H3,20,21,22). The predicted octanol–water partition coefficient (Wildman–Crippen LogP) is 3.29. The van der Waals surface area contributed by atoms with Crippen molar-refractivity contribution >= 4 is 22.7 Å². The quantitative estimate of drug-likeness (QED) is 0.512. The minimum atomic E-state index is 0.407. The summed E-state index contributed by atoms with van der Waals surface area (Å²) in [5.41, 5.74) is 13.1. The van der Waals surface area contributed by atoms with Crippen molar-refractivity contribution in [2.24, 2.45) is 10.7 Å². The number of aromatic nitrogens is 2. The number of nitrogens with zero attached hydrogens (tertiary/aromatic N) is 2. The van der Waals surface area contributed by atoms with Gasteiger partial charge in [-0.3, -0.25) is 0 Å². The fourth-order valence-electron chi connectivity index (χ4n) is 3.25. The van der Waals surface area contributed by atoms with E-state index in [0.717, 1.165) is 29.0 Å². The van der Waals surface area contributed by atoms with Crippen LogP contribution < -0.4 is 11.1 Å². The van der Waals surface area contributed by atoms with Crippen molar-refractivity contribution in [3.05, 3.63) is 58.9 Å². The second kappa shape index (κ2) is 6.00. The van der Waals surface area contributed by atoms with E-state index in [4.69, 9.17) is 5.73 Å². The highest BCUT2D eigenvalue weighted by molar-refractivity contribution is 5.92. The number of rotatable bonds is 3. The van der Waals surface area contributed by atoms with Crippen molar-refractivity contribution in [2.75, 3.05) is 5.32 Å². The van der Waals surface area contributed by atoms with Crippen LogP contribution in [0, 0.1) is 6.92 Å². The first-order chi connectivity index (χ1) is 11.7. The van der Waals surface area contributed by atoms with Crippen molar-refractivity contribution in [2.45, 2.75) is 32.7 Å². The lowest BCUT2D eigenvalue weighted by Gasteiger charge is -2.07. The molecule has 0 bridgehead atoms. The van der Waals surface area contributed by atoms with E-state index < -0.39 is 0 Å². The number of H-pyrrole nitrogens is 1. The number of aromatic amines is 1. The van der Waals surface area contributed by atoms with E-state index >= 15 is 0 Å². The second-order valence-corrected chi connectivity index (χ2v) is 6.37. The Kier molecular flexibility index (Phi) is 3.69. The van der Waals surface area contributed by atoms with Gasteiger partial charge in [-0.05, 0) is 67.1 Å². The van der Waals surface area contributed by atoms with E-state index in [1.807, 2.05) is 6.07 Å². The minimum Gasteiger partial charge on any atom is -0.370 e. The highest BCUT2D eigenvalue weighted by Gasteiger charge is 2.11. The molecule has 4 N–H and O–H groups in total. The largest absolute Gasteiger partial charge is 0.370 e. The van der Waals surface area contributed by atoms with Gasteiger partial charge in [0.25, 0.3) is 0 Å². The van der Waals surface area contributed by atoms with Gasteiger partial charge in [0.1, 0.15) is 12.4 Å². The summed E-state index contributed by atoms with van der Waals surface area (Å²) in [6.45, 7) is 2.49. The molecular weight excluding hydrogens is 298 g/mol. The fourth-order valence-corrected chi connectivity index (χ4v) is 3.25. The average Bonchev–Trinajstić information content (AvgIpc) is 3.18. The highest BCUT2D eigenvalue weighted by Crippen LogP contribution is 2.24. The van der Waals surface area contributed by atoms with Crippen LogP contribution in [0.1, 0.15) is 28.9 Å². The summed E-state index contributed by atoms with van der Waals surface area (Å²) in [4.78, 5) is 12.2. The summed E-state index contributed by atoms with van der Waals surface area (Å²) in [5.74, 6) is 1.22. The molecule has 0 amide bonds. The highest BCUT2D eigenvalue weighted by atomic mass is 15.1. The number of anilines is 1. The number of imidazole rings is 1. The van der Waals surface area contributed by atoms with Crippen molar-refractivity contribution in [3.8, 4) is 0 Å². The third-order valence-electron chi connectivity index (χ3n) is 4.46. The van der Waals surface area contributed by atoms with Crippen LogP contribution in [-0.2, 0) is 19.4 Å². The lowest BCUT2D eigenvalue weighted by atomic mass is 10.1. The normalized spacial score (nSPS) is 14.1. The summed E-state index contributed by atoms with van der Waals surface area (Å²) in [5, 5.41) is 3.17. The monoisotopic (exact) mass is 319 g/mol. The Hall–Kier alpha value is -2.82. The summed E-state index contributed by atoms with van der Waals surface area (Å²) in [6, 6.07) is 12.6. The van der Waals surface area contributed by atoms with Crippen molar-refractivity contribution in [1.82, 2.24) is 9.97 Å². The topological polar surface area (TPSA) is 79.1 Å². The van der Waals surface area contributed by atoms with Crippen molar-refractivity contribution < 1.29 is 0 Å². The molecule has 0 unspecified atom stereocenters. The predicted molar refractivity (Wildman–Crippen MR) is 98.2 cm³/mol. The molecule has 0 atom stereocenters. The molecular formula is C19H21N5. The third-order valence-corrected chi connectivity index (χ3v) is 4.46. The zero-order chi connectivity index (χ0) is 16.5. The van der Waals surface area contributed by atoms with Crippen LogP contribution in [0.3, 0.4) is 0 Å². The SMILES string of the molecule is Cc1ccc2nc(CN=C(N)Nc3ccc4c(c3)CCC4)[nH]c2c1. The zero-order valence-electron chi connectivity index (χ0n) is 13.8. The maximum Gasteiger partial charge on any atom is 0.193 e. The number of fused-ring (bicyclic) bond motifs is 2. The number of guanidine groups is 1. The maximum atomic E-state index is 6.01. The Morgan fingerprint density at radius 3 is 3.00 bits per heavy atom. The summed E-state index contributed by atoms with van der Waals surface area (Å²) < 4.78 is 0. The van der Waals surface area contributed by atoms with Crippen LogP contribution in [0.4, 0.5) is 5.69 Å². The lowest BCUT2D eigenvalue weighted by molar-refractivity contribution is 0.912. The second-order valence-electron chi connectivity index (χ2n) is 6.37. The van der Waals surface area contributed by atoms with Gasteiger partial charge < -0.3 is 16.0 Å². The third kappa shape index (κ3) is 2.97. The van der Waals surface area contributed by atoms with Gasteiger partial charge in [0.2, 0.25) is 0 Å². The fraction of sp³-hybridized carbons (Fsp3) is 0.263. The van der Waals surface area contributed by atoms with E-state index in [9.17, 15) is 0 Å². The molecule has 5 heteroatoms. The van der Waals surface area contributed by atoms with E-state index in [1.165, 1.54) is 29.5 Å². The van der Waals surface area contributed by atoms with Gasteiger partial charge in [0.05, 0.1) is 11.0 Å². The molecule has 0 fully saturated rings. The van der Waals surface area contributed by atoms with Crippen LogP contribution in [-0.4, -0.2) is 15.9 Å². The molecule has 1 aliphatic carbocycles. The van der Waals surface area contributed by atoms with Crippen LogP contribution >= 0.6 is 0 Å². The molecule has 5 nitrogen and oxygen atoms in total. The number of hydrogen-bond donors (Lipinski definition) is 3. The molecule has 2 aromatic carbocycles. The van der Waals surface area contributed by atoms with Crippen LogP contribution in [0.25, 0.3) is 11.0 Å². The Balaban J connectivity index is 1.46. The molecule has 122 valence electrons. The summed E-state index contributed by atoms with van der Waals surface area (Å²) >= 11 is 0. The zero-order valence-corrected chi connectivity index (χ0v) is 13.8. The van der Waals surface area contributed by atoms with Gasteiger partial charge in [-0.2, -0.15) is 0 Å². The molecule has 0 aliphatic heterocycles. The summed E-state index contributed by atoms with van der Waals surface area (Å²) in [7, 11) is 0. The van der Waals surface area contributed by atoms with Gasteiger partial charge in [0.15, 0.2) is 5.96 Å². The van der Waals surface area contributed by atoms with Gasteiger partial charge in [-0.15, -0.1) is 0 Å². The molecule has 3 aromatic rings. The van der Waals surface area contributed by atoms with E-state index in [1.54, 1.807) is 0 Å². The van der Waals surface area contributed by atoms with Crippen LogP contribution in [0.15, 0.2) is 41.4 Å². The Labute approximate surface area is 141 Å². The molecule has 1 aliphatic rings. The Bertz CT molecular complexity index is 923. The molecule has 1 heterocycles. The van der Waals surface area contributed by atoms with Crippen LogP contribution in [0.2, 0.25) is 0 Å². The van der Waals surface area contributed by atoms with Gasteiger partial charge in [-0.1, -0.05) is 12.1 Å². The minimum absolute atomic E-state index is 0.407. The summed E-state index contributed by atoms with van der Waals surface area (Å²) in [6.07, 6.45) is 3.58. The molecule has 0 radical (unpaired) electrons. The first kappa shape index (κ1) is 14.8. The van der Waals surface area contributed by atoms with Crippen molar-refractivity contribution in [1.29, 1.82) is 0 Å². The smallest absolute Gasteiger partial charge is 0.193 e. The molecule has 1 aromatic heterocycles. The molecule has 0 saturated carbocycles. The van der Waals surface area contributed by atoms with Gasteiger partial charge in [-0.25, -0.2) is 9.98 Å². The molecule has 0 spiro atoms. The number of nitrogens with two attached hydrogens (primary N) is 1. The molecule has 24 heavy (non-hydrogen) atoms. The van der Waals surface area contributed by atoms with Gasteiger partial charge >= 0.3 is 0 Å². The van der Waals surface area contributed by atoms with Crippen molar-refractivity contribution in [3.63, 3.8) is 0 Å².